The van der Waals surface area contributed by atoms with Crippen molar-refractivity contribution in [1.82, 2.24) is 4.57 Å². The van der Waals surface area contributed by atoms with Gasteiger partial charge in [0.1, 0.15) is 12.1 Å². The predicted octanol–water partition coefficient (Wildman–Crippen LogP) is 2.42. The Bertz CT molecular complexity index is 654. The summed E-state index contributed by atoms with van der Waals surface area (Å²) < 4.78 is 12.6. The second-order valence-corrected chi connectivity index (χ2v) is 7.39. The lowest BCUT2D eigenvalue weighted by molar-refractivity contribution is -0.155. The number of carbonyl (C=O) groups excluding carboxylic acids is 2. The summed E-state index contributed by atoms with van der Waals surface area (Å²) in [6.07, 6.45) is 1.79. The van der Waals surface area contributed by atoms with E-state index in [-0.39, 0.29) is 25.1 Å². The van der Waals surface area contributed by atoms with E-state index in [0.29, 0.717) is 31.2 Å². The summed E-state index contributed by atoms with van der Waals surface area (Å²) in [5.41, 5.74) is 2.50. The molecule has 1 aliphatic rings. The fraction of sp³-hybridized carbons (Fsp3) is 0.684. The fourth-order valence-electron chi connectivity index (χ4n) is 3.43. The third kappa shape index (κ3) is 4.42. The van der Waals surface area contributed by atoms with Crippen LogP contribution in [0.25, 0.3) is 0 Å². The van der Waals surface area contributed by atoms with E-state index in [9.17, 15) is 14.7 Å². The van der Waals surface area contributed by atoms with E-state index in [1.807, 2.05) is 32.3 Å². The normalized spacial score (nSPS) is 17.1. The highest BCUT2D eigenvalue weighted by molar-refractivity contribution is 5.93. The van der Waals surface area contributed by atoms with Gasteiger partial charge < -0.3 is 19.1 Å². The Hall–Kier alpha value is -1.82. The molecular weight excluding hydrogens is 322 g/mol. The minimum absolute atomic E-state index is 0.0677. The molecule has 1 unspecified atom stereocenters. The van der Waals surface area contributed by atoms with Gasteiger partial charge in [0.05, 0.1) is 18.3 Å². The highest BCUT2D eigenvalue weighted by atomic mass is 16.6. The van der Waals surface area contributed by atoms with Crippen LogP contribution < -0.4 is 0 Å². The molecule has 140 valence electrons. The Labute approximate surface area is 149 Å². The van der Waals surface area contributed by atoms with Gasteiger partial charge in [-0.3, -0.25) is 4.79 Å². The van der Waals surface area contributed by atoms with Gasteiger partial charge >= 0.3 is 11.9 Å². The number of fused-ring (bicyclic) bond motifs is 1. The van der Waals surface area contributed by atoms with Crippen molar-refractivity contribution in [1.29, 1.82) is 0 Å². The molecule has 1 aromatic rings. The number of hydrogen-bond acceptors (Lipinski definition) is 5. The quantitative estimate of drug-likeness (QED) is 0.824. The van der Waals surface area contributed by atoms with Crippen molar-refractivity contribution in [3.63, 3.8) is 0 Å². The lowest BCUT2D eigenvalue weighted by Gasteiger charge is -2.22. The molecule has 0 radical (unpaired) electrons. The molecule has 25 heavy (non-hydrogen) atoms. The zero-order valence-electron chi connectivity index (χ0n) is 15.8. The molecule has 6 nitrogen and oxygen atoms in total. The molecule has 0 bridgehead atoms. The molecule has 0 spiro atoms. The number of aromatic nitrogens is 1. The Kier molecular flexibility index (Phi) is 5.93. The van der Waals surface area contributed by atoms with Gasteiger partial charge in [-0.2, -0.15) is 0 Å². The van der Waals surface area contributed by atoms with E-state index < -0.39 is 11.7 Å². The summed E-state index contributed by atoms with van der Waals surface area (Å²) in [5, 5.41) is 10.0. The first kappa shape index (κ1) is 19.5. The molecule has 0 amide bonds. The number of esters is 2. The number of aliphatic hydroxyl groups is 1. The maximum Gasteiger partial charge on any atom is 0.340 e. The van der Waals surface area contributed by atoms with Crippen LogP contribution in [0.4, 0.5) is 0 Å². The summed E-state index contributed by atoms with van der Waals surface area (Å²) in [5.74, 6) is -0.714. The van der Waals surface area contributed by atoms with Gasteiger partial charge in [-0.05, 0) is 52.5 Å². The number of aliphatic hydroxyl groups excluding tert-OH is 1. The monoisotopic (exact) mass is 351 g/mol. The van der Waals surface area contributed by atoms with Crippen LogP contribution in [0.1, 0.15) is 68.3 Å². The largest absolute Gasteiger partial charge is 0.462 e. The van der Waals surface area contributed by atoms with Gasteiger partial charge in [-0.15, -0.1) is 0 Å². The van der Waals surface area contributed by atoms with Crippen LogP contribution in [0.3, 0.4) is 0 Å². The second kappa shape index (κ2) is 7.60. The third-order valence-corrected chi connectivity index (χ3v) is 4.27. The number of rotatable bonds is 5. The molecule has 1 heterocycles. The molecular formula is C19H29NO5. The number of nitrogens with zero attached hydrogens (tertiary/aromatic N) is 1. The van der Waals surface area contributed by atoms with Crippen molar-refractivity contribution in [2.75, 3.05) is 6.61 Å². The molecule has 0 aromatic carbocycles. The van der Waals surface area contributed by atoms with Gasteiger partial charge in [0.2, 0.25) is 0 Å². The van der Waals surface area contributed by atoms with E-state index in [1.54, 1.807) is 6.92 Å². The highest BCUT2D eigenvalue weighted by Gasteiger charge is 2.32. The number of hydrogen-bond donors (Lipinski definition) is 1. The molecule has 1 atom stereocenters. The van der Waals surface area contributed by atoms with Crippen LogP contribution in [-0.4, -0.2) is 39.9 Å². The third-order valence-electron chi connectivity index (χ3n) is 4.27. The lowest BCUT2D eigenvalue weighted by atomic mass is 9.92. The molecule has 0 saturated carbocycles. The molecule has 1 aromatic heterocycles. The van der Waals surface area contributed by atoms with Crippen molar-refractivity contribution >= 4 is 11.9 Å². The van der Waals surface area contributed by atoms with Gasteiger partial charge in [-0.1, -0.05) is 6.92 Å². The fourth-order valence-corrected chi connectivity index (χ4v) is 3.43. The minimum atomic E-state index is -0.559. The van der Waals surface area contributed by atoms with Gasteiger partial charge in [-0.25, -0.2) is 4.79 Å². The van der Waals surface area contributed by atoms with Crippen molar-refractivity contribution in [3.8, 4) is 0 Å². The molecule has 6 heteroatoms. The molecule has 2 rings (SSSR count). The van der Waals surface area contributed by atoms with Crippen molar-refractivity contribution in [2.45, 2.75) is 78.6 Å². The second-order valence-electron chi connectivity index (χ2n) is 7.39. The summed E-state index contributed by atoms with van der Waals surface area (Å²) in [6.45, 7) is 9.56. The van der Waals surface area contributed by atoms with E-state index >= 15 is 0 Å². The molecule has 1 N–H and O–H groups in total. The Morgan fingerprint density at radius 2 is 1.96 bits per heavy atom. The Balaban J connectivity index is 2.46. The van der Waals surface area contributed by atoms with Crippen molar-refractivity contribution in [2.24, 2.45) is 0 Å². The smallest absolute Gasteiger partial charge is 0.340 e. The van der Waals surface area contributed by atoms with Crippen LogP contribution in [0.5, 0.6) is 0 Å². The SMILES string of the molecule is CCOC(=O)c1c2c(n(CC(=O)OC(C)(C)C)c1CC)CCC(O)C2. The summed E-state index contributed by atoms with van der Waals surface area (Å²) >= 11 is 0. The topological polar surface area (TPSA) is 77.8 Å². The van der Waals surface area contributed by atoms with Crippen LogP contribution in [-0.2, 0) is 40.1 Å². The Morgan fingerprint density at radius 1 is 1.28 bits per heavy atom. The predicted molar refractivity (Wildman–Crippen MR) is 93.6 cm³/mol. The minimum Gasteiger partial charge on any atom is -0.462 e. The number of ether oxygens (including phenoxy) is 2. The molecule has 1 aliphatic carbocycles. The van der Waals surface area contributed by atoms with Gasteiger partial charge in [0.25, 0.3) is 0 Å². The van der Waals surface area contributed by atoms with Crippen molar-refractivity contribution in [3.05, 3.63) is 22.5 Å². The zero-order valence-corrected chi connectivity index (χ0v) is 15.8. The zero-order chi connectivity index (χ0) is 18.8. The first-order valence-corrected chi connectivity index (χ1v) is 8.98. The average Bonchev–Trinajstić information content (AvgIpc) is 2.78. The van der Waals surface area contributed by atoms with E-state index in [1.165, 1.54) is 0 Å². The highest BCUT2D eigenvalue weighted by Crippen LogP contribution is 2.31. The standard InChI is InChI=1S/C19H29NO5/c1-6-14-17(18(23)24-7-2)13-10-12(21)8-9-15(13)20(14)11-16(22)25-19(3,4)5/h12,21H,6-11H2,1-5H3. The average molecular weight is 351 g/mol. The maximum absolute atomic E-state index is 12.5. The van der Waals surface area contributed by atoms with E-state index in [2.05, 4.69) is 0 Å². The molecule has 0 fully saturated rings. The first-order valence-electron chi connectivity index (χ1n) is 8.98. The van der Waals surface area contributed by atoms with Crippen LogP contribution in [0, 0.1) is 0 Å². The first-order chi connectivity index (χ1) is 11.7. The van der Waals surface area contributed by atoms with Gasteiger partial charge in [0.15, 0.2) is 0 Å². The van der Waals surface area contributed by atoms with Crippen molar-refractivity contribution < 1.29 is 24.2 Å². The summed E-state index contributed by atoms with van der Waals surface area (Å²) in [6, 6.07) is 0. The maximum atomic E-state index is 12.5. The molecule has 0 aliphatic heterocycles. The van der Waals surface area contributed by atoms with E-state index in [4.69, 9.17) is 9.47 Å². The molecule has 0 saturated heterocycles. The van der Waals surface area contributed by atoms with E-state index in [0.717, 1.165) is 17.0 Å². The van der Waals surface area contributed by atoms with Crippen LogP contribution in [0.15, 0.2) is 0 Å². The summed E-state index contributed by atoms with van der Waals surface area (Å²) in [7, 11) is 0. The van der Waals surface area contributed by atoms with Gasteiger partial charge in [0, 0.05) is 17.8 Å². The van der Waals surface area contributed by atoms with Crippen LogP contribution >= 0.6 is 0 Å². The summed E-state index contributed by atoms with van der Waals surface area (Å²) in [4.78, 5) is 24.8. The number of carbonyl (C=O) groups is 2. The van der Waals surface area contributed by atoms with Crippen LogP contribution in [0.2, 0.25) is 0 Å². The Morgan fingerprint density at radius 3 is 2.52 bits per heavy atom. The lowest BCUT2D eigenvalue weighted by Crippen LogP contribution is -2.28.